The molecule has 1 rings (SSSR count). The Balaban J connectivity index is 2.37. The van der Waals surface area contributed by atoms with Gasteiger partial charge < -0.3 is 10.9 Å². The number of oxime groups is 1. The molecule has 1 aromatic rings. The van der Waals surface area contributed by atoms with E-state index in [9.17, 15) is 0 Å². The molecular formula is C10H18N4O. The van der Waals surface area contributed by atoms with E-state index in [-0.39, 0.29) is 11.3 Å². The minimum absolute atomic E-state index is 0.262. The molecular weight excluding hydrogens is 192 g/mol. The minimum Gasteiger partial charge on any atom is -0.409 e. The molecule has 0 saturated heterocycles. The van der Waals surface area contributed by atoms with Crippen LogP contribution in [0.25, 0.3) is 0 Å². The SMILES string of the molecule is CC(C)(CCCn1cccn1)C(N)=NO. The standard InChI is InChI=1S/C10H18N4O/c1-10(2,9(11)13-15)5-3-7-14-8-4-6-12-14/h4,6,8,15H,3,5,7H2,1-2H3,(H2,11,13). The molecule has 15 heavy (non-hydrogen) atoms. The van der Waals surface area contributed by atoms with E-state index < -0.39 is 0 Å². The van der Waals surface area contributed by atoms with E-state index in [0.717, 1.165) is 19.4 Å². The van der Waals surface area contributed by atoms with Gasteiger partial charge in [-0.15, -0.1) is 0 Å². The summed E-state index contributed by atoms with van der Waals surface area (Å²) in [6, 6.07) is 1.90. The van der Waals surface area contributed by atoms with Gasteiger partial charge in [-0.2, -0.15) is 5.10 Å². The molecule has 3 N–H and O–H groups in total. The molecule has 0 bridgehead atoms. The average molecular weight is 210 g/mol. The van der Waals surface area contributed by atoms with Gasteiger partial charge >= 0.3 is 0 Å². The highest BCUT2D eigenvalue weighted by Crippen LogP contribution is 2.22. The summed E-state index contributed by atoms with van der Waals surface area (Å²) in [7, 11) is 0. The van der Waals surface area contributed by atoms with Crippen LogP contribution in [-0.2, 0) is 6.54 Å². The van der Waals surface area contributed by atoms with E-state index in [0.29, 0.717) is 0 Å². The van der Waals surface area contributed by atoms with Crippen LogP contribution in [0, 0.1) is 5.41 Å². The summed E-state index contributed by atoms with van der Waals surface area (Å²) in [4.78, 5) is 0. The van der Waals surface area contributed by atoms with Crippen molar-refractivity contribution in [2.75, 3.05) is 0 Å². The quantitative estimate of drug-likeness (QED) is 0.334. The maximum atomic E-state index is 8.60. The zero-order valence-electron chi connectivity index (χ0n) is 9.22. The van der Waals surface area contributed by atoms with Crippen LogP contribution in [0.4, 0.5) is 0 Å². The van der Waals surface area contributed by atoms with E-state index in [1.165, 1.54) is 0 Å². The zero-order chi connectivity index (χ0) is 11.3. The Bertz CT molecular complexity index is 316. The third-order valence-electron chi connectivity index (χ3n) is 2.55. The second kappa shape index (κ2) is 4.82. The summed E-state index contributed by atoms with van der Waals surface area (Å²) in [5.74, 6) is 0.281. The molecule has 0 atom stereocenters. The van der Waals surface area contributed by atoms with Gasteiger partial charge in [-0.3, -0.25) is 4.68 Å². The molecule has 0 amide bonds. The van der Waals surface area contributed by atoms with Gasteiger partial charge in [-0.05, 0) is 18.9 Å². The van der Waals surface area contributed by atoms with Gasteiger partial charge in [0.25, 0.3) is 0 Å². The molecule has 1 aromatic heterocycles. The summed E-state index contributed by atoms with van der Waals surface area (Å²) in [6.07, 6.45) is 5.50. The number of hydrogen-bond acceptors (Lipinski definition) is 3. The molecule has 0 unspecified atom stereocenters. The van der Waals surface area contributed by atoms with Gasteiger partial charge in [0, 0.05) is 24.4 Å². The van der Waals surface area contributed by atoms with Crippen LogP contribution in [0.2, 0.25) is 0 Å². The van der Waals surface area contributed by atoms with E-state index in [1.807, 2.05) is 30.8 Å². The van der Waals surface area contributed by atoms with Gasteiger partial charge in [0.2, 0.25) is 0 Å². The summed E-state index contributed by atoms with van der Waals surface area (Å²) >= 11 is 0. The fourth-order valence-electron chi connectivity index (χ4n) is 1.38. The Hall–Kier alpha value is -1.52. The first kappa shape index (κ1) is 11.6. The van der Waals surface area contributed by atoms with Crippen LogP contribution in [0.3, 0.4) is 0 Å². The van der Waals surface area contributed by atoms with Crippen molar-refractivity contribution in [2.45, 2.75) is 33.2 Å². The molecule has 84 valence electrons. The van der Waals surface area contributed by atoms with Crippen molar-refractivity contribution in [3.63, 3.8) is 0 Å². The van der Waals surface area contributed by atoms with Crippen molar-refractivity contribution >= 4 is 5.84 Å². The summed E-state index contributed by atoms with van der Waals surface area (Å²) < 4.78 is 1.88. The topological polar surface area (TPSA) is 76.4 Å². The van der Waals surface area contributed by atoms with Gasteiger partial charge in [0.15, 0.2) is 0 Å². The van der Waals surface area contributed by atoms with E-state index in [2.05, 4.69) is 10.3 Å². The highest BCUT2D eigenvalue weighted by atomic mass is 16.4. The maximum absolute atomic E-state index is 8.60. The molecule has 0 aliphatic heterocycles. The Morgan fingerprint density at radius 3 is 2.87 bits per heavy atom. The molecule has 1 heterocycles. The van der Waals surface area contributed by atoms with Crippen LogP contribution in [0.5, 0.6) is 0 Å². The van der Waals surface area contributed by atoms with Crippen molar-refractivity contribution in [1.82, 2.24) is 9.78 Å². The molecule has 0 aliphatic carbocycles. The molecule has 0 aliphatic rings. The smallest absolute Gasteiger partial charge is 0.144 e. The predicted molar refractivity (Wildman–Crippen MR) is 58.7 cm³/mol. The summed E-state index contributed by atoms with van der Waals surface area (Å²) in [6.45, 7) is 4.78. The van der Waals surface area contributed by atoms with Crippen LogP contribution in [0.15, 0.2) is 23.6 Å². The minimum atomic E-state index is -0.262. The molecule has 0 spiro atoms. The lowest BCUT2D eigenvalue weighted by molar-refractivity contribution is 0.303. The molecule has 0 saturated carbocycles. The average Bonchev–Trinajstić information content (AvgIpc) is 2.69. The van der Waals surface area contributed by atoms with Gasteiger partial charge in [-0.25, -0.2) is 0 Å². The van der Waals surface area contributed by atoms with Crippen LogP contribution < -0.4 is 5.73 Å². The highest BCUT2D eigenvalue weighted by molar-refractivity contribution is 5.85. The van der Waals surface area contributed by atoms with Crippen LogP contribution in [-0.4, -0.2) is 20.8 Å². The normalized spacial score (nSPS) is 13.1. The lowest BCUT2D eigenvalue weighted by Crippen LogP contribution is -2.32. The fourth-order valence-corrected chi connectivity index (χ4v) is 1.38. The van der Waals surface area contributed by atoms with Crippen LogP contribution >= 0.6 is 0 Å². The second-order valence-electron chi connectivity index (χ2n) is 4.24. The number of nitrogens with two attached hydrogens (primary N) is 1. The monoisotopic (exact) mass is 210 g/mol. The third-order valence-corrected chi connectivity index (χ3v) is 2.55. The highest BCUT2D eigenvalue weighted by Gasteiger charge is 2.22. The number of rotatable bonds is 5. The number of aromatic nitrogens is 2. The molecule has 0 fully saturated rings. The second-order valence-corrected chi connectivity index (χ2v) is 4.24. The van der Waals surface area contributed by atoms with Crippen molar-refractivity contribution in [3.8, 4) is 0 Å². The maximum Gasteiger partial charge on any atom is 0.144 e. The Morgan fingerprint density at radius 2 is 2.33 bits per heavy atom. The third kappa shape index (κ3) is 3.27. The lowest BCUT2D eigenvalue weighted by Gasteiger charge is -2.22. The first-order valence-corrected chi connectivity index (χ1v) is 5.02. The van der Waals surface area contributed by atoms with E-state index in [4.69, 9.17) is 10.9 Å². The molecule has 0 aromatic carbocycles. The summed E-state index contributed by atoms with van der Waals surface area (Å²) in [5.41, 5.74) is 5.33. The molecule has 5 heteroatoms. The van der Waals surface area contributed by atoms with Crippen molar-refractivity contribution in [3.05, 3.63) is 18.5 Å². The van der Waals surface area contributed by atoms with Gasteiger partial charge in [-0.1, -0.05) is 19.0 Å². The van der Waals surface area contributed by atoms with Crippen molar-refractivity contribution < 1.29 is 5.21 Å². The van der Waals surface area contributed by atoms with E-state index >= 15 is 0 Å². The first-order chi connectivity index (χ1) is 7.06. The van der Waals surface area contributed by atoms with E-state index in [1.54, 1.807) is 6.20 Å². The van der Waals surface area contributed by atoms with Crippen molar-refractivity contribution in [2.24, 2.45) is 16.3 Å². The molecule has 0 radical (unpaired) electrons. The first-order valence-electron chi connectivity index (χ1n) is 5.02. The number of amidine groups is 1. The number of hydrogen-bond donors (Lipinski definition) is 2. The molecule has 5 nitrogen and oxygen atoms in total. The Kier molecular flexibility index (Phi) is 3.71. The number of aryl methyl sites for hydroxylation is 1. The largest absolute Gasteiger partial charge is 0.409 e. The Morgan fingerprint density at radius 1 is 1.60 bits per heavy atom. The predicted octanol–water partition coefficient (Wildman–Crippen LogP) is 1.44. The van der Waals surface area contributed by atoms with Crippen LogP contribution in [0.1, 0.15) is 26.7 Å². The van der Waals surface area contributed by atoms with Gasteiger partial charge in [0.1, 0.15) is 5.84 Å². The van der Waals surface area contributed by atoms with Gasteiger partial charge in [0.05, 0.1) is 0 Å². The number of nitrogens with zero attached hydrogens (tertiary/aromatic N) is 3. The lowest BCUT2D eigenvalue weighted by atomic mass is 9.86. The summed E-state index contributed by atoms with van der Waals surface area (Å²) in [5, 5.41) is 15.8. The Labute approximate surface area is 89.6 Å². The zero-order valence-corrected chi connectivity index (χ0v) is 9.22. The fraction of sp³-hybridized carbons (Fsp3) is 0.600. The van der Waals surface area contributed by atoms with Crippen molar-refractivity contribution in [1.29, 1.82) is 0 Å².